The number of carboxylic acid groups (broad SMARTS) is 1. The molecule has 0 aromatic heterocycles. The van der Waals surface area contributed by atoms with E-state index in [9.17, 15) is 29.1 Å². The number of ether oxygens (including phenoxy) is 1. The molecule has 4 amide bonds. The summed E-state index contributed by atoms with van der Waals surface area (Å²) in [7, 11) is 1.44. The number of imide groups is 2. The monoisotopic (exact) mass is 642 g/mol. The number of hydrogen-bond acceptors (Lipinski definition) is 7. The van der Waals surface area contributed by atoms with Crippen molar-refractivity contribution in [3.8, 4) is 11.5 Å². The predicted octanol–water partition coefficient (Wildman–Crippen LogP) is 2.98. The van der Waals surface area contributed by atoms with Gasteiger partial charge in [-0.3, -0.25) is 33.8 Å². The summed E-state index contributed by atoms with van der Waals surface area (Å²) >= 11 is 17.4. The second-order valence-corrected chi connectivity index (χ2v) is 12.0. The summed E-state index contributed by atoms with van der Waals surface area (Å²) in [6, 6.07) is 4.43. The molecule has 5 rings (SSSR count). The highest BCUT2D eigenvalue weighted by atomic mass is 79.9. The van der Waals surface area contributed by atoms with Crippen LogP contribution in [0.25, 0.3) is 0 Å². The SMILES string of the molecule is COc1ccc(O)c([C@H]2C3=CC[C@@H]4C(=O)N(CCCC(=O)O)C(=O)[C@@H]4[C@@H]3C[C@@]3(Cl)C(=O)N(CBr)C(=O)[C@@]23Cl)c1. The van der Waals surface area contributed by atoms with Crippen molar-refractivity contribution >= 4 is 68.7 Å². The number of fused-ring (bicyclic) bond motifs is 4. The van der Waals surface area contributed by atoms with Crippen LogP contribution >= 0.6 is 39.1 Å². The largest absolute Gasteiger partial charge is 0.508 e. The highest BCUT2D eigenvalue weighted by molar-refractivity contribution is 9.09. The van der Waals surface area contributed by atoms with Crippen LogP contribution in [-0.4, -0.2) is 78.5 Å². The minimum absolute atomic E-state index is 0.0423. The molecule has 1 aromatic carbocycles. The van der Waals surface area contributed by atoms with Crippen molar-refractivity contribution in [3.63, 3.8) is 0 Å². The van der Waals surface area contributed by atoms with Gasteiger partial charge in [0.2, 0.25) is 11.8 Å². The Morgan fingerprint density at radius 1 is 1.13 bits per heavy atom. The van der Waals surface area contributed by atoms with Crippen LogP contribution in [-0.2, 0) is 24.0 Å². The Hall–Kier alpha value is -2.63. The number of hydrogen-bond donors (Lipinski definition) is 2. The summed E-state index contributed by atoms with van der Waals surface area (Å²) < 4.78 is 5.34. The van der Waals surface area contributed by atoms with E-state index in [4.69, 9.17) is 33.0 Å². The number of carboxylic acids is 1. The lowest BCUT2D eigenvalue weighted by Crippen LogP contribution is -2.60. The van der Waals surface area contributed by atoms with Crippen molar-refractivity contribution in [3.05, 3.63) is 35.4 Å². The first kappa shape index (κ1) is 27.9. The van der Waals surface area contributed by atoms with Gasteiger partial charge in [0.25, 0.3) is 11.8 Å². The van der Waals surface area contributed by atoms with Crippen molar-refractivity contribution in [1.82, 2.24) is 9.80 Å². The molecule has 2 aliphatic heterocycles. The molecule has 10 nitrogen and oxygen atoms in total. The molecule has 13 heteroatoms. The van der Waals surface area contributed by atoms with Crippen molar-refractivity contribution in [2.45, 2.75) is 41.3 Å². The van der Waals surface area contributed by atoms with Gasteiger partial charge in [-0.1, -0.05) is 27.6 Å². The first-order valence-electron chi connectivity index (χ1n) is 12.4. The zero-order valence-electron chi connectivity index (χ0n) is 20.7. The molecule has 0 unspecified atom stereocenters. The molecular weight excluding hydrogens is 619 g/mol. The molecule has 6 atom stereocenters. The zero-order valence-corrected chi connectivity index (χ0v) is 23.8. The maximum atomic E-state index is 13.7. The van der Waals surface area contributed by atoms with Gasteiger partial charge in [0.1, 0.15) is 11.5 Å². The van der Waals surface area contributed by atoms with Crippen molar-refractivity contribution in [2.75, 3.05) is 19.1 Å². The lowest BCUT2D eigenvalue weighted by Gasteiger charge is -2.50. The van der Waals surface area contributed by atoms with E-state index in [1.54, 1.807) is 6.08 Å². The number of benzene rings is 1. The summed E-state index contributed by atoms with van der Waals surface area (Å²) in [6.45, 7) is -0.0423. The van der Waals surface area contributed by atoms with Gasteiger partial charge < -0.3 is 14.9 Å². The minimum atomic E-state index is -2.04. The average molecular weight is 644 g/mol. The maximum absolute atomic E-state index is 13.7. The molecule has 208 valence electrons. The van der Waals surface area contributed by atoms with Crippen LogP contribution in [0.15, 0.2) is 29.8 Å². The predicted molar refractivity (Wildman–Crippen MR) is 142 cm³/mol. The van der Waals surface area contributed by atoms with E-state index in [0.29, 0.717) is 11.3 Å². The number of carbonyl (C=O) groups excluding carboxylic acids is 4. The summed E-state index contributed by atoms with van der Waals surface area (Å²) in [4.78, 5) is 63.2. The smallest absolute Gasteiger partial charge is 0.303 e. The Kier molecular flexibility index (Phi) is 7.00. The molecule has 2 N–H and O–H groups in total. The summed E-state index contributed by atoms with van der Waals surface area (Å²) in [6.07, 6.45) is 1.66. The summed E-state index contributed by atoms with van der Waals surface area (Å²) in [5, 5.41) is 19.9. The molecule has 0 spiro atoms. The van der Waals surface area contributed by atoms with Gasteiger partial charge in [-0.2, -0.15) is 0 Å². The number of carbonyl (C=O) groups is 5. The number of likely N-dealkylation sites (tertiary alicyclic amines) is 2. The third-order valence-electron chi connectivity index (χ3n) is 8.42. The van der Waals surface area contributed by atoms with Crippen LogP contribution in [0.3, 0.4) is 0 Å². The second-order valence-electron chi connectivity index (χ2n) is 10.2. The minimum Gasteiger partial charge on any atom is -0.508 e. The molecule has 4 aliphatic rings. The quantitative estimate of drug-likeness (QED) is 0.200. The van der Waals surface area contributed by atoms with Gasteiger partial charge in [-0.25, -0.2) is 0 Å². The van der Waals surface area contributed by atoms with E-state index in [0.717, 1.165) is 9.80 Å². The third-order valence-corrected chi connectivity index (χ3v) is 10.3. The fourth-order valence-corrected chi connectivity index (χ4v) is 8.08. The molecular formula is C26H25BrCl2N2O8. The van der Waals surface area contributed by atoms with E-state index in [2.05, 4.69) is 15.9 Å². The van der Waals surface area contributed by atoms with Gasteiger partial charge in [0.05, 0.1) is 24.4 Å². The number of allylic oxidation sites excluding steroid dienone is 2. The molecule has 39 heavy (non-hydrogen) atoms. The maximum Gasteiger partial charge on any atom is 0.303 e. The number of rotatable bonds is 7. The van der Waals surface area contributed by atoms with Crippen LogP contribution in [0.5, 0.6) is 11.5 Å². The fourth-order valence-electron chi connectivity index (χ4n) is 6.66. The highest BCUT2D eigenvalue weighted by Crippen LogP contribution is 2.66. The van der Waals surface area contributed by atoms with Crippen LogP contribution in [0, 0.1) is 17.8 Å². The van der Waals surface area contributed by atoms with Gasteiger partial charge in [-0.15, -0.1) is 23.2 Å². The van der Waals surface area contributed by atoms with E-state index < -0.39 is 63.0 Å². The molecule has 3 fully saturated rings. The summed E-state index contributed by atoms with van der Waals surface area (Å²) in [5.74, 6) is -6.68. The van der Waals surface area contributed by atoms with Crippen LogP contribution in [0.4, 0.5) is 0 Å². The molecule has 2 saturated heterocycles. The van der Waals surface area contributed by atoms with E-state index >= 15 is 0 Å². The molecule has 0 bridgehead atoms. The standard InChI is InChI=1S/C26H25BrCl2N2O8/c1-39-12-4-7-17(32)15(9-12)20-13-5-6-14-19(22(36)30(21(14)35)8-2-3-18(33)34)16(13)10-25(28)23(37)31(11-27)24(38)26(20,25)29/h4-5,7,9,14,16,19-20,32H,2-3,6,8,10-11H2,1H3,(H,33,34)/t14-,16+,19-,20+,25+,26-/m0/s1. The van der Waals surface area contributed by atoms with Gasteiger partial charge in [0, 0.05) is 24.4 Å². The lowest BCUT2D eigenvalue weighted by molar-refractivity contribution is -0.142. The van der Waals surface area contributed by atoms with E-state index in [1.807, 2.05) is 0 Å². The number of phenolic OH excluding ortho intramolecular Hbond substituents is 1. The molecule has 1 aromatic rings. The number of nitrogens with zero attached hydrogens (tertiary/aromatic N) is 2. The normalized spacial score (nSPS) is 33.6. The number of alkyl halides is 3. The van der Waals surface area contributed by atoms with Crippen molar-refractivity contribution < 1.29 is 38.9 Å². The first-order valence-corrected chi connectivity index (χ1v) is 14.2. The van der Waals surface area contributed by atoms with Crippen molar-refractivity contribution in [1.29, 1.82) is 0 Å². The Morgan fingerprint density at radius 3 is 2.49 bits per heavy atom. The third kappa shape index (κ3) is 3.83. The Labute approximate surface area is 242 Å². The number of halogens is 3. The first-order chi connectivity index (χ1) is 18.4. The second kappa shape index (κ2) is 9.78. The van der Waals surface area contributed by atoms with Gasteiger partial charge in [0.15, 0.2) is 9.75 Å². The molecule has 1 saturated carbocycles. The van der Waals surface area contributed by atoms with Crippen molar-refractivity contribution in [2.24, 2.45) is 17.8 Å². The number of aliphatic carboxylic acids is 1. The molecule has 0 radical (unpaired) electrons. The number of phenols is 1. The Morgan fingerprint density at radius 2 is 1.85 bits per heavy atom. The number of methoxy groups -OCH3 is 1. The van der Waals surface area contributed by atoms with Gasteiger partial charge >= 0.3 is 5.97 Å². The summed E-state index contributed by atoms with van der Waals surface area (Å²) in [5.41, 5.74) is 0.586. The Bertz CT molecular complexity index is 1340. The number of amides is 4. The topological polar surface area (TPSA) is 142 Å². The molecule has 2 aliphatic carbocycles. The van der Waals surface area contributed by atoms with Crippen LogP contribution < -0.4 is 4.74 Å². The van der Waals surface area contributed by atoms with Crippen LogP contribution in [0.2, 0.25) is 0 Å². The van der Waals surface area contributed by atoms with E-state index in [-0.39, 0.29) is 49.0 Å². The molecule has 2 heterocycles. The van der Waals surface area contributed by atoms with Crippen LogP contribution in [0.1, 0.15) is 37.2 Å². The zero-order chi connectivity index (χ0) is 28.4. The highest BCUT2D eigenvalue weighted by Gasteiger charge is 2.76. The Balaban J connectivity index is 1.65. The average Bonchev–Trinajstić information content (AvgIpc) is 3.22. The van der Waals surface area contributed by atoms with E-state index in [1.165, 1.54) is 25.3 Å². The lowest BCUT2D eigenvalue weighted by atomic mass is 9.56. The van der Waals surface area contributed by atoms with Gasteiger partial charge in [-0.05, 0) is 43.4 Å². The number of aromatic hydroxyl groups is 1. The fraction of sp³-hybridized carbons (Fsp3) is 0.500.